The number of amides is 1. The highest BCUT2D eigenvalue weighted by Crippen LogP contribution is 2.18. The van der Waals surface area contributed by atoms with Crippen molar-refractivity contribution in [1.29, 1.82) is 0 Å². The molecule has 5 nitrogen and oxygen atoms in total. The van der Waals surface area contributed by atoms with Crippen LogP contribution in [0.25, 0.3) is 0 Å². The van der Waals surface area contributed by atoms with E-state index in [-0.39, 0.29) is 12.5 Å². The molecular weight excluding hydrogens is 244 g/mol. The summed E-state index contributed by atoms with van der Waals surface area (Å²) in [6.45, 7) is 3.95. The number of hydrogen-bond acceptors (Lipinski definition) is 4. The van der Waals surface area contributed by atoms with Gasteiger partial charge in [0.25, 0.3) is 0 Å². The van der Waals surface area contributed by atoms with E-state index in [1.54, 1.807) is 13.1 Å². The van der Waals surface area contributed by atoms with Crippen LogP contribution in [0, 0.1) is 13.8 Å². The molecule has 0 aliphatic rings. The Balaban J connectivity index is 2.55. The fourth-order valence-corrected chi connectivity index (χ4v) is 1.69. The normalized spacial score (nSPS) is 10.1. The van der Waals surface area contributed by atoms with Gasteiger partial charge in [0, 0.05) is 19.2 Å². The van der Waals surface area contributed by atoms with Gasteiger partial charge in [0.15, 0.2) is 0 Å². The number of rotatable bonds is 5. The van der Waals surface area contributed by atoms with Crippen molar-refractivity contribution in [3.05, 3.63) is 28.8 Å². The molecule has 1 aromatic carbocycles. The summed E-state index contributed by atoms with van der Waals surface area (Å²) in [5, 5.41) is 2.51. The summed E-state index contributed by atoms with van der Waals surface area (Å²) in [4.78, 5) is 22.9. The van der Waals surface area contributed by atoms with E-state index in [1.165, 1.54) is 0 Å². The molecule has 0 saturated carbocycles. The number of esters is 1. The van der Waals surface area contributed by atoms with E-state index >= 15 is 0 Å². The number of nitrogen functional groups attached to an aromatic ring is 1. The Morgan fingerprint density at radius 1 is 1.26 bits per heavy atom. The van der Waals surface area contributed by atoms with Crippen molar-refractivity contribution in [2.45, 2.75) is 26.7 Å². The lowest BCUT2D eigenvalue weighted by Crippen LogP contribution is -2.18. The maximum Gasteiger partial charge on any atom is 0.338 e. The summed E-state index contributed by atoms with van der Waals surface area (Å²) in [6.07, 6.45) is 0.852. The highest BCUT2D eigenvalue weighted by molar-refractivity contribution is 5.92. The number of carbonyl (C=O) groups is 2. The third-order valence-corrected chi connectivity index (χ3v) is 2.89. The Kier molecular flexibility index (Phi) is 5.36. The third-order valence-electron chi connectivity index (χ3n) is 2.89. The van der Waals surface area contributed by atoms with E-state index in [2.05, 4.69) is 5.32 Å². The van der Waals surface area contributed by atoms with E-state index in [0.29, 0.717) is 24.1 Å². The average molecular weight is 264 g/mol. The van der Waals surface area contributed by atoms with E-state index in [1.807, 2.05) is 19.9 Å². The molecule has 0 unspecified atom stereocenters. The molecule has 104 valence electrons. The molecule has 0 fully saturated rings. The van der Waals surface area contributed by atoms with Crippen LogP contribution in [-0.2, 0) is 9.53 Å². The Morgan fingerprint density at radius 2 is 1.95 bits per heavy atom. The molecule has 0 aliphatic carbocycles. The van der Waals surface area contributed by atoms with Crippen molar-refractivity contribution in [3.63, 3.8) is 0 Å². The van der Waals surface area contributed by atoms with Crippen LogP contribution in [0.15, 0.2) is 12.1 Å². The molecular formula is C14H20N2O3. The van der Waals surface area contributed by atoms with Gasteiger partial charge in [0.1, 0.15) is 0 Å². The number of nitrogens with one attached hydrogen (secondary N) is 1. The van der Waals surface area contributed by atoms with Crippen LogP contribution >= 0.6 is 0 Å². The minimum absolute atomic E-state index is 0.0631. The molecule has 0 atom stereocenters. The predicted octanol–water partition coefficient (Wildman–Crippen LogP) is 1.57. The Bertz CT molecular complexity index is 484. The van der Waals surface area contributed by atoms with Crippen LogP contribution in [0.1, 0.15) is 34.3 Å². The number of aryl methyl sites for hydroxylation is 2. The zero-order valence-electron chi connectivity index (χ0n) is 11.6. The Morgan fingerprint density at radius 3 is 2.58 bits per heavy atom. The SMILES string of the molecule is CNC(=O)CCCOC(=O)c1cc(N)c(C)cc1C. The van der Waals surface area contributed by atoms with Crippen molar-refractivity contribution >= 4 is 17.6 Å². The zero-order valence-corrected chi connectivity index (χ0v) is 11.6. The topological polar surface area (TPSA) is 81.4 Å². The van der Waals surface area contributed by atoms with Crippen LogP contribution in [0.3, 0.4) is 0 Å². The van der Waals surface area contributed by atoms with E-state index in [0.717, 1.165) is 11.1 Å². The Hall–Kier alpha value is -2.04. The van der Waals surface area contributed by atoms with Crippen LogP contribution < -0.4 is 11.1 Å². The zero-order chi connectivity index (χ0) is 14.4. The molecule has 0 radical (unpaired) electrons. The molecule has 3 N–H and O–H groups in total. The predicted molar refractivity (Wildman–Crippen MR) is 73.9 cm³/mol. The molecule has 0 bridgehead atoms. The highest BCUT2D eigenvalue weighted by atomic mass is 16.5. The summed E-state index contributed by atoms with van der Waals surface area (Å²) >= 11 is 0. The van der Waals surface area contributed by atoms with Crippen LogP contribution in [0.5, 0.6) is 0 Å². The molecule has 19 heavy (non-hydrogen) atoms. The lowest BCUT2D eigenvalue weighted by Gasteiger charge is -2.09. The van der Waals surface area contributed by atoms with Crippen LogP contribution in [0.2, 0.25) is 0 Å². The summed E-state index contributed by atoms with van der Waals surface area (Å²) in [5.74, 6) is -0.465. The first kappa shape index (κ1) is 15.0. The average Bonchev–Trinajstić information content (AvgIpc) is 2.38. The van der Waals surface area contributed by atoms with Gasteiger partial charge in [-0.1, -0.05) is 6.07 Å². The lowest BCUT2D eigenvalue weighted by molar-refractivity contribution is -0.120. The monoisotopic (exact) mass is 264 g/mol. The van der Waals surface area contributed by atoms with E-state index < -0.39 is 5.97 Å². The standard InChI is InChI=1S/C14H20N2O3/c1-9-7-10(2)12(15)8-11(9)14(18)19-6-4-5-13(17)16-3/h7-8H,4-6,15H2,1-3H3,(H,16,17). The van der Waals surface area contributed by atoms with Crippen molar-refractivity contribution in [1.82, 2.24) is 5.32 Å². The number of anilines is 1. The van der Waals surface area contributed by atoms with Gasteiger partial charge in [-0.05, 0) is 37.5 Å². The van der Waals surface area contributed by atoms with Crippen molar-refractivity contribution in [2.75, 3.05) is 19.4 Å². The molecule has 0 aromatic heterocycles. The minimum atomic E-state index is -0.402. The second-order valence-electron chi connectivity index (χ2n) is 4.44. The number of ether oxygens (including phenoxy) is 1. The molecule has 1 aromatic rings. The van der Waals surface area contributed by atoms with Gasteiger partial charge >= 0.3 is 5.97 Å². The number of benzene rings is 1. The Labute approximate surface area is 113 Å². The summed E-state index contributed by atoms with van der Waals surface area (Å²) in [6, 6.07) is 3.49. The molecule has 0 heterocycles. The minimum Gasteiger partial charge on any atom is -0.462 e. The van der Waals surface area contributed by atoms with Gasteiger partial charge in [0.2, 0.25) is 5.91 Å². The first-order valence-corrected chi connectivity index (χ1v) is 6.20. The number of carbonyl (C=O) groups excluding carboxylic acids is 2. The molecule has 1 rings (SSSR count). The van der Waals surface area contributed by atoms with Crippen LogP contribution in [0.4, 0.5) is 5.69 Å². The fraction of sp³-hybridized carbons (Fsp3) is 0.429. The van der Waals surface area contributed by atoms with Crippen LogP contribution in [-0.4, -0.2) is 25.5 Å². The maximum atomic E-state index is 11.9. The van der Waals surface area contributed by atoms with E-state index in [4.69, 9.17) is 10.5 Å². The van der Waals surface area contributed by atoms with Gasteiger partial charge in [-0.15, -0.1) is 0 Å². The van der Waals surface area contributed by atoms with Crippen molar-refractivity contribution in [2.24, 2.45) is 0 Å². The summed E-state index contributed by atoms with van der Waals surface area (Å²) in [7, 11) is 1.58. The van der Waals surface area contributed by atoms with Crippen molar-refractivity contribution < 1.29 is 14.3 Å². The fourth-order valence-electron chi connectivity index (χ4n) is 1.69. The molecule has 1 amide bonds. The summed E-state index contributed by atoms with van der Waals surface area (Å²) in [5.41, 5.74) is 8.60. The second kappa shape index (κ2) is 6.78. The number of nitrogens with two attached hydrogens (primary N) is 1. The van der Waals surface area contributed by atoms with Crippen molar-refractivity contribution in [3.8, 4) is 0 Å². The molecule has 0 aliphatic heterocycles. The largest absolute Gasteiger partial charge is 0.462 e. The van der Waals surface area contributed by atoms with Gasteiger partial charge < -0.3 is 15.8 Å². The lowest BCUT2D eigenvalue weighted by atomic mass is 10.0. The van der Waals surface area contributed by atoms with Gasteiger partial charge in [0.05, 0.1) is 12.2 Å². The molecule has 0 saturated heterocycles. The quantitative estimate of drug-likeness (QED) is 0.480. The smallest absolute Gasteiger partial charge is 0.338 e. The second-order valence-corrected chi connectivity index (χ2v) is 4.44. The molecule has 5 heteroatoms. The first-order chi connectivity index (χ1) is 8.95. The maximum absolute atomic E-state index is 11.9. The van der Waals surface area contributed by atoms with Gasteiger partial charge in [-0.3, -0.25) is 4.79 Å². The van der Waals surface area contributed by atoms with Gasteiger partial charge in [-0.25, -0.2) is 4.79 Å². The third kappa shape index (κ3) is 4.28. The molecule has 0 spiro atoms. The number of hydrogen-bond donors (Lipinski definition) is 2. The summed E-state index contributed by atoms with van der Waals surface area (Å²) < 4.78 is 5.12. The first-order valence-electron chi connectivity index (χ1n) is 6.20. The van der Waals surface area contributed by atoms with E-state index in [9.17, 15) is 9.59 Å². The highest BCUT2D eigenvalue weighted by Gasteiger charge is 2.12. The van der Waals surface area contributed by atoms with Gasteiger partial charge in [-0.2, -0.15) is 0 Å².